The van der Waals surface area contributed by atoms with Gasteiger partial charge in [0.25, 0.3) is 0 Å². The molecule has 7 nitrogen and oxygen atoms in total. The predicted molar refractivity (Wildman–Crippen MR) is 94.3 cm³/mol. The van der Waals surface area contributed by atoms with Gasteiger partial charge in [-0.1, -0.05) is 0 Å². The fourth-order valence-electron chi connectivity index (χ4n) is 3.42. The topological polar surface area (TPSA) is 87.2 Å². The van der Waals surface area contributed by atoms with Crippen molar-refractivity contribution < 1.29 is 8.42 Å². The summed E-state index contributed by atoms with van der Waals surface area (Å²) in [7, 11) is -3.15. The summed E-state index contributed by atoms with van der Waals surface area (Å²) in [6, 6.07) is 0. The lowest BCUT2D eigenvalue weighted by Crippen LogP contribution is -2.35. The Morgan fingerprint density at radius 1 is 1.38 bits per heavy atom. The maximum absolute atomic E-state index is 11.6. The molecule has 8 heteroatoms. The number of rotatable bonds is 6. The second kappa shape index (κ2) is 7.76. The molecule has 2 aliphatic rings. The van der Waals surface area contributed by atoms with Gasteiger partial charge in [-0.05, 0) is 44.7 Å². The van der Waals surface area contributed by atoms with Crippen LogP contribution in [0.1, 0.15) is 36.9 Å². The van der Waals surface area contributed by atoms with E-state index in [0.717, 1.165) is 43.2 Å². The van der Waals surface area contributed by atoms with Gasteiger partial charge < -0.3 is 10.6 Å². The molecule has 1 saturated heterocycles. The number of hydrogen-bond acceptors (Lipinski definition) is 6. The van der Waals surface area contributed by atoms with Crippen LogP contribution in [0.3, 0.4) is 0 Å². The third kappa shape index (κ3) is 4.64. The predicted octanol–water partition coefficient (Wildman–Crippen LogP) is 0.986. The average Bonchev–Trinajstić information content (AvgIpc) is 2.58. The molecule has 1 fully saturated rings. The fourth-order valence-corrected chi connectivity index (χ4v) is 4.22. The number of piperidine rings is 1. The Morgan fingerprint density at radius 2 is 2.17 bits per heavy atom. The molecule has 1 aromatic heterocycles. The van der Waals surface area contributed by atoms with E-state index in [4.69, 9.17) is 0 Å². The number of nitrogens with one attached hydrogen (secondary N) is 2. The van der Waals surface area contributed by atoms with E-state index in [-0.39, 0.29) is 0 Å². The van der Waals surface area contributed by atoms with Crippen molar-refractivity contribution in [2.75, 3.05) is 37.8 Å². The summed E-state index contributed by atoms with van der Waals surface area (Å²) in [5.74, 6) is 1.51. The minimum Gasteiger partial charge on any atom is -0.354 e. The van der Waals surface area contributed by atoms with E-state index < -0.39 is 10.0 Å². The molecule has 2 N–H and O–H groups in total. The van der Waals surface area contributed by atoms with Gasteiger partial charge in [0.1, 0.15) is 0 Å². The highest BCUT2D eigenvalue weighted by Gasteiger charge is 2.24. The van der Waals surface area contributed by atoms with Gasteiger partial charge >= 0.3 is 0 Å². The van der Waals surface area contributed by atoms with Crippen molar-refractivity contribution in [2.24, 2.45) is 5.92 Å². The van der Waals surface area contributed by atoms with Crippen LogP contribution in [0.15, 0.2) is 6.20 Å². The number of aromatic nitrogens is 2. The smallest absolute Gasteiger partial charge is 0.222 e. The Hall–Kier alpha value is -1.25. The van der Waals surface area contributed by atoms with E-state index in [0.29, 0.717) is 25.5 Å². The molecule has 0 bridgehead atoms. The zero-order valence-corrected chi connectivity index (χ0v) is 15.1. The molecule has 3 rings (SSSR count). The maximum Gasteiger partial charge on any atom is 0.222 e. The zero-order chi connectivity index (χ0) is 17.0. The fraction of sp³-hybridized carbons (Fsp3) is 0.750. The Kier molecular flexibility index (Phi) is 5.68. The van der Waals surface area contributed by atoms with Gasteiger partial charge in [0, 0.05) is 37.8 Å². The Bertz CT molecular complexity index is 658. The molecule has 0 unspecified atom stereocenters. The molecule has 0 radical (unpaired) electrons. The first kappa shape index (κ1) is 17.6. The molecule has 0 saturated carbocycles. The number of sulfonamides is 1. The summed E-state index contributed by atoms with van der Waals surface area (Å²) < 4.78 is 24.8. The SMILES string of the molecule is CS(=O)(=O)N1CCc2nc(NCCCC3CCNCC3)ncc2C1. The first-order valence-corrected chi connectivity index (χ1v) is 10.6. The van der Waals surface area contributed by atoms with Crippen molar-refractivity contribution in [1.82, 2.24) is 19.6 Å². The number of anilines is 1. The van der Waals surface area contributed by atoms with Crippen molar-refractivity contribution in [1.29, 1.82) is 0 Å². The van der Waals surface area contributed by atoms with E-state index in [2.05, 4.69) is 20.6 Å². The molecular weight excluding hydrogens is 326 g/mol. The van der Waals surface area contributed by atoms with Crippen LogP contribution in [0, 0.1) is 5.92 Å². The van der Waals surface area contributed by atoms with Crippen molar-refractivity contribution in [2.45, 2.75) is 38.6 Å². The van der Waals surface area contributed by atoms with Gasteiger partial charge in [-0.15, -0.1) is 0 Å². The van der Waals surface area contributed by atoms with Crippen LogP contribution >= 0.6 is 0 Å². The minimum absolute atomic E-state index is 0.379. The highest BCUT2D eigenvalue weighted by molar-refractivity contribution is 7.88. The van der Waals surface area contributed by atoms with Crippen molar-refractivity contribution in [3.63, 3.8) is 0 Å². The van der Waals surface area contributed by atoms with E-state index in [1.807, 2.05) is 0 Å². The van der Waals surface area contributed by atoms with Crippen LogP contribution in [0.4, 0.5) is 5.95 Å². The van der Waals surface area contributed by atoms with Crippen LogP contribution in [0.25, 0.3) is 0 Å². The second-order valence-corrected chi connectivity index (χ2v) is 8.76. The first-order chi connectivity index (χ1) is 11.5. The monoisotopic (exact) mass is 353 g/mol. The van der Waals surface area contributed by atoms with Gasteiger partial charge in [-0.25, -0.2) is 18.4 Å². The van der Waals surface area contributed by atoms with Gasteiger partial charge in [0.05, 0.1) is 11.9 Å². The molecule has 1 aromatic rings. The molecule has 0 aromatic carbocycles. The summed E-state index contributed by atoms with van der Waals surface area (Å²) in [5.41, 5.74) is 1.87. The number of fused-ring (bicyclic) bond motifs is 1. The molecule has 0 atom stereocenters. The van der Waals surface area contributed by atoms with E-state index in [1.165, 1.54) is 29.8 Å². The van der Waals surface area contributed by atoms with E-state index in [1.54, 1.807) is 6.20 Å². The Balaban J connectivity index is 1.48. The van der Waals surface area contributed by atoms with Crippen molar-refractivity contribution in [3.05, 3.63) is 17.5 Å². The number of nitrogens with zero attached hydrogens (tertiary/aromatic N) is 3. The number of hydrogen-bond donors (Lipinski definition) is 2. The van der Waals surface area contributed by atoms with Gasteiger partial charge in [0.2, 0.25) is 16.0 Å². The summed E-state index contributed by atoms with van der Waals surface area (Å²) in [4.78, 5) is 8.90. The molecule has 24 heavy (non-hydrogen) atoms. The highest BCUT2D eigenvalue weighted by atomic mass is 32.2. The lowest BCUT2D eigenvalue weighted by molar-refractivity contribution is 0.350. The van der Waals surface area contributed by atoms with Gasteiger partial charge in [0.15, 0.2) is 0 Å². The average molecular weight is 353 g/mol. The van der Waals surface area contributed by atoms with Gasteiger partial charge in [-0.2, -0.15) is 4.31 Å². The molecule has 134 valence electrons. The van der Waals surface area contributed by atoms with Crippen molar-refractivity contribution >= 4 is 16.0 Å². The molecule has 0 aliphatic carbocycles. The normalized spacial score (nSPS) is 19.9. The standard InChI is InChI=1S/C16H27N5O2S/c1-24(22,23)21-10-6-15-14(12-21)11-19-16(20-15)18-7-2-3-13-4-8-17-9-5-13/h11,13,17H,2-10,12H2,1H3,(H,18,19,20). The quantitative estimate of drug-likeness (QED) is 0.742. The van der Waals surface area contributed by atoms with Crippen LogP contribution in [-0.4, -0.2) is 55.1 Å². The van der Waals surface area contributed by atoms with Crippen LogP contribution in [-0.2, 0) is 23.0 Å². The molecule has 0 amide bonds. The second-order valence-electron chi connectivity index (χ2n) is 6.77. The molecular formula is C16H27N5O2S. The minimum atomic E-state index is -3.15. The van der Waals surface area contributed by atoms with Gasteiger partial charge in [-0.3, -0.25) is 0 Å². The summed E-state index contributed by atoms with van der Waals surface area (Å²) in [5, 5.41) is 6.70. The molecule has 2 aliphatic heterocycles. The van der Waals surface area contributed by atoms with Crippen LogP contribution in [0.5, 0.6) is 0 Å². The maximum atomic E-state index is 11.6. The third-order valence-corrected chi connectivity index (χ3v) is 6.15. The highest BCUT2D eigenvalue weighted by Crippen LogP contribution is 2.20. The zero-order valence-electron chi connectivity index (χ0n) is 14.3. The molecule has 0 spiro atoms. The van der Waals surface area contributed by atoms with Crippen molar-refractivity contribution in [3.8, 4) is 0 Å². The summed E-state index contributed by atoms with van der Waals surface area (Å²) >= 11 is 0. The lowest BCUT2D eigenvalue weighted by atomic mass is 9.93. The third-order valence-electron chi connectivity index (χ3n) is 4.90. The summed E-state index contributed by atoms with van der Waals surface area (Å²) in [6.45, 7) is 4.06. The molecule has 3 heterocycles. The Morgan fingerprint density at radius 3 is 2.92 bits per heavy atom. The van der Waals surface area contributed by atoms with Crippen LogP contribution < -0.4 is 10.6 Å². The van der Waals surface area contributed by atoms with E-state index in [9.17, 15) is 8.42 Å². The lowest BCUT2D eigenvalue weighted by Gasteiger charge is -2.26. The first-order valence-electron chi connectivity index (χ1n) is 8.77. The Labute approximate surface area is 144 Å². The van der Waals surface area contributed by atoms with E-state index >= 15 is 0 Å². The largest absolute Gasteiger partial charge is 0.354 e. The summed E-state index contributed by atoms with van der Waals surface area (Å²) in [6.07, 6.45) is 8.61. The van der Waals surface area contributed by atoms with Crippen LogP contribution in [0.2, 0.25) is 0 Å².